The molecule has 0 aliphatic carbocycles. The van der Waals surface area contributed by atoms with Gasteiger partial charge in [-0.15, -0.1) is 11.3 Å². The van der Waals surface area contributed by atoms with Gasteiger partial charge in [0.15, 0.2) is 6.54 Å². The zero-order valence-electron chi connectivity index (χ0n) is 12.4. The van der Waals surface area contributed by atoms with Crippen LogP contribution in [0.1, 0.15) is 5.69 Å². The van der Waals surface area contributed by atoms with E-state index in [-0.39, 0.29) is 12.3 Å². The van der Waals surface area contributed by atoms with Crippen molar-refractivity contribution >= 4 is 28.9 Å². The van der Waals surface area contributed by atoms with Gasteiger partial charge >= 0.3 is 0 Å². The number of thiazole rings is 1. The van der Waals surface area contributed by atoms with Crippen LogP contribution in [0, 0.1) is 0 Å². The van der Waals surface area contributed by atoms with E-state index in [9.17, 15) is 14.7 Å². The average molecular weight is 319 g/mol. The van der Waals surface area contributed by atoms with Gasteiger partial charge in [-0.3, -0.25) is 4.79 Å². The summed E-state index contributed by atoms with van der Waals surface area (Å²) in [4.78, 5) is 27.7. The molecule has 0 saturated heterocycles. The second-order valence-corrected chi connectivity index (χ2v) is 6.06. The molecule has 1 heterocycles. The van der Waals surface area contributed by atoms with Crippen LogP contribution in [0.4, 0.5) is 5.69 Å². The lowest BCUT2D eigenvalue weighted by Crippen LogP contribution is -3.06. The Morgan fingerprint density at radius 2 is 2.14 bits per heavy atom. The van der Waals surface area contributed by atoms with Crippen LogP contribution < -0.4 is 15.3 Å². The number of rotatable bonds is 6. The van der Waals surface area contributed by atoms with Gasteiger partial charge in [-0.1, -0.05) is 12.1 Å². The molecule has 0 aliphatic heterocycles. The Morgan fingerprint density at radius 1 is 1.36 bits per heavy atom. The average Bonchev–Trinajstić information content (AvgIpc) is 2.85. The van der Waals surface area contributed by atoms with Crippen LogP contribution in [-0.4, -0.2) is 37.5 Å². The summed E-state index contributed by atoms with van der Waals surface area (Å²) in [6.45, 7) is 0.386. The van der Waals surface area contributed by atoms with E-state index in [1.54, 1.807) is 5.38 Å². The zero-order chi connectivity index (χ0) is 16.1. The quantitative estimate of drug-likeness (QED) is 0.729. The van der Waals surface area contributed by atoms with Gasteiger partial charge < -0.3 is 20.1 Å². The van der Waals surface area contributed by atoms with Gasteiger partial charge in [0.05, 0.1) is 19.8 Å². The van der Waals surface area contributed by atoms with Gasteiger partial charge in [0.2, 0.25) is 0 Å². The Kier molecular flexibility index (Phi) is 5.24. The minimum absolute atomic E-state index is 0.0612. The van der Waals surface area contributed by atoms with Crippen molar-refractivity contribution in [2.24, 2.45) is 0 Å². The maximum atomic E-state index is 11.8. The molecule has 6 nitrogen and oxygen atoms in total. The summed E-state index contributed by atoms with van der Waals surface area (Å²) in [5.74, 6) is -1.21. The van der Waals surface area contributed by atoms with Crippen molar-refractivity contribution in [2.75, 3.05) is 26.0 Å². The Labute approximate surface area is 132 Å². The highest BCUT2D eigenvalue weighted by Crippen LogP contribution is 2.26. The number of hydrogen-bond acceptors (Lipinski definition) is 5. The number of aromatic nitrogens is 1. The third-order valence-electron chi connectivity index (χ3n) is 2.78. The number of hydrogen-bond donors (Lipinski definition) is 2. The van der Waals surface area contributed by atoms with Crippen LogP contribution >= 0.6 is 11.3 Å². The summed E-state index contributed by atoms with van der Waals surface area (Å²) in [6, 6.07) is 7.33. The SMILES string of the molecule is C[NH+](C)CC(=O)Nc1cccc(-c2nc(CC(=O)[O-])cs2)c1. The molecule has 0 radical (unpaired) electrons. The minimum Gasteiger partial charge on any atom is -0.550 e. The lowest BCUT2D eigenvalue weighted by Gasteiger charge is -2.08. The first-order valence-electron chi connectivity index (χ1n) is 6.77. The van der Waals surface area contributed by atoms with Crippen molar-refractivity contribution in [2.45, 2.75) is 6.42 Å². The van der Waals surface area contributed by atoms with Gasteiger partial charge in [0.1, 0.15) is 5.01 Å². The highest BCUT2D eigenvalue weighted by Gasteiger charge is 2.09. The fourth-order valence-corrected chi connectivity index (χ4v) is 2.74. The molecule has 0 bridgehead atoms. The zero-order valence-corrected chi connectivity index (χ0v) is 13.2. The van der Waals surface area contributed by atoms with Gasteiger partial charge in [-0.25, -0.2) is 4.98 Å². The Bertz CT molecular complexity index is 682. The summed E-state index contributed by atoms with van der Waals surface area (Å²) in [5.41, 5.74) is 2.01. The monoisotopic (exact) mass is 319 g/mol. The second-order valence-electron chi connectivity index (χ2n) is 5.21. The lowest BCUT2D eigenvalue weighted by atomic mass is 10.2. The Hall–Kier alpha value is -2.25. The first-order chi connectivity index (χ1) is 10.4. The molecule has 0 aliphatic rings. The third kappa shape index (κ3) is 4.64. The molecule has 2 rings (SSSR count). The second kappa shape index (κ2) is 7.15. The van der Waals surface area contributed by atoms with Crippen LogP contribution in [0.15, 0.2) is 29.6 Å². The van der Waals surface area contributed by atoms with Crippen LogP contribution in [0.3, 0.4) is 0 Å². The van der Waals surface area contributed by atoms with E-state index in [0.29, 0.717) is 22.9 Å². The maximum absolute atomic E-state index is 11.8. The molecule has 7 heteroatoms. The molecular weight excluding hydrogens is 302 g/mol. The smallest absolute Gasteiger partial charge is 0.279 e. The van der Waals surface area contributed by atoms with E-state index in [4.69, 9.17) is 0 Å². The minimum atomic E-state index is -1.15. The lowest BCUT2D eigenvalue weighted by molar-refractivity contribution is -0.849. The number of nitrogens with one attached hydrogen (secondary N) is 2. The molecule has 22 heavy (non-hydrogen) atoms. The molecule has 0 saturated carbocycles. The molecule has 2 aromatic rings. The molecule has 2 N–H and O–H groups in total. The molecule has 0 unspecified atom stereocenters. The van der Waals surface area contributed by atoms with E-state index in [1.807, 2.05) is 38.4 Å². The largest absolute Gasteiger partial charge is 0.550 e. The molecule has 1 amide bonds. The molecule has 0 spiro atoms. The normalized spacial score (nSPS) is 10.7. The van der Waals surface area contributed by atoms with Crippen LogP contribution in [0.2, 0.25) is 0 Å². The molecule has 1 aromatic carbocycles. The molecule has 0 fully saturated rings. The maximum Gasteiger partial charge on any atom is 0.279 e. The first kappa shape index (κ1) is 16.1. The third-order valence-corrected chi connectivity index (χ3v) is 3.72. The van der Waals surface area contributed by atoms with Gasteiger partial charge in [-0.2, -0.15) is 0 Å². The summed E-state index contributed by atoms with van der Waals surface area (Å²) in [6.07, 6.45) is -0.196. The number of anilines is 1. The topological polar surface area (TPSA) is 86.6 Å². The summed E-state index contributed by atoms with van der Waals surface area (Å²) >= 11 is 1.36. The summed E-state index contributed by atoms with van der Waals surface area (Å²) in [7, 11) is 3.81. The van der Waals surface area contributed by atoms with Crippen molar-refractivity contribution in [3.63, 3.8) is 0 Å². The standard InChI is InChI=1S/C15H17N3O3S/c1-18(2)8-13(19)16-11-5-3-4-10(6-11)15-17-12(9-22-15)7-14(20)21/h3-6,9H,7-8H2,1-2H3,(H,16,19)(H,20,21). The van der Waals surface area contributed by atoms with Crippen LogP contribution in [0.25, 0.3) is 10.6 Å². The number of carbonyl (C=O) groups is 2. The molecule has 1 aromatic heterocycles. The number of carboxylic acids is 1. The number of carbonyl (C=O) groups excluding carboxylic acids is 2. The number of benzene rings is 1. The van der Waals surface area contributed by atoms with Gasteiger partial charge in [0, 0.05) is 29.0 Å². The molecule has 116 valence electrons. The Morgan fingerprint density at radius 3 is 2.82 bits per heavy atom. The molecular formula is C15H17N3O3S. The van der Waals surface area contributed by atoms with Crippen LogP contribution in [0.5, 0.6) is 0 Å². The summed E-state index contributed by atoms with van der Waals surface area (Å²) in [5, 5.41) is 15.8. The van der Waals surface area contributed by atoms with Crippen molar-refractivity contribution in [1.29, 1.82) is 0 Å². The fraction of sp³-hybridized carbons (Fsp3) is 0.267. The highest BCUT2D eigenvalue weighted by molar-refractivity contribution is 7.13. The number of aliphatic carboxylic acids is 1. The van der Waals surface area contributed by atoms with Crippen molar-refractivity contribution in [3.05, 3.63) is 35.3 Å². The molecule has 0 atom stereocenters. The highest BCUT2D eigenvalue weighted by atomic mass is 32.1. The Balaban J connectivity index is 2.12. The summed E-state index contributed by atoms with van der Waals surface area (Å²) < 4.78 is 0. The van der Waals surface area contributed by atoms with E-state index in [1.165, 1.54) is 11.3 Å². The van der Waals surface area contributed by atoms with Crippen molar-refractivity contribution in [1.82, 2.24) is 4.98 Å². The van der Waals surface area contributed by atoms with Crippen molar-refractivity contribution in [3.8, 4) is 10.6 Å². The van der Waals surface area contributed by atoms with Gasteiger partial charge in [0.25, 0.3) is 5.91 Å². The van der Waals surface area contributed by atoms with E-state index >= 15 is 0 Å². The number of quaternary nitrogens is 1. The van der Waals surface area contributed by atoms with E-state index < -0.39 is 5.97 Å². The number of nitrogens with zero attached hydrogens (tertiary/aromatic N) is 1. The number of carboxylic acid groups (broad SMARTS) is 1. The van der Waals surface area contributed by atoms with Gasteiger partial charge in [-0.05, 0) is 12.1 Å². The van der Waals surface area contributed by atoms with E-state index in [0.717, 1.165) is 10.5 Å². The van der Waals surface area contributed by atoms with Crippen molar-refractivity contribution < 1.29 is 19.6 Å². The van der Waals surface area contributed by atoms with Crippen LogP contribution in [-0.2, 0) is 16.0 Å². The van der Waals surface area contributed by atoms with E-state index in [2.05, 4.69) is 10.3 Å². The predicted molar refractivity (Wildman–Crippen MR) is 82.6 cm³/mol. The number of likely N-dealkylation sites (N-methyl/N-ethyl adjacent to an activating group) is 1. The first-order valence-corrected chi connectivity index (χ1v) is 7.65. The predicted octanol–water partition coefficient (Wildman–Crippen LogP) is -0.814. The fourth-order valence-electron chi connectivity index (χ4n) is 1.92. The number of amides is 1.